The summed E-state index contributed by atoms with van der Waals surface area (Å²) in [7, 11) is 0. The highest BCUT2D eigenvalue weighted by atomic mass is 79.9. The van der Waals surface area contributed by atoms with E-state index in [0.717, 1.165) is 15.7 Å². The van der Waals surface area contributed by atoms with Crippen molar-refractivity contribution in [2.45, 2.75) is 6.54 Å². The minimum atomic E-state index is -0.186. The van der Waals surface area contributed by atoms with Crippen LogP contribution in [0.1, 0.15) is 15.9 Å². The Balaban J connectivity index is 1.74. The summed E-state index contributed by atoms with van der Waals surface area (Å²) in [5.41, 5.74) is 2.35. The van der Waals surface area contributed by atoms with Gasteiger partial charge in [0.25, 0.3) is 5.91 Å². The van der Waals surface area contributed by atoms with Gasteiger partial charge in [0.2, 0.25) is 0 Å². The summed E-state index contributed by atoms with van der Waals surface area (Å²) in [6.07, 6.45) is 8.58. The molecule has 1 N–H and O–H groups in total. The van der Waals surface area contributed by atoms with E-state index in [9.17, 15) is 4.79 Å². The lowest BCUT2D eigenvalue weighted by Crippen LogP contribution is -2.12. The van der Waals surface area contributed by atoms with Crippen molar-refractivity contribution < 1.29 is 4.79 Å². The Bertz CT molecular complexity index is 786. The molecule has 5 nitrogen and oxygen atoms in total. The summed E-state index contributed by atoms with van der Waals surface area (Å²) >= 11 is 3.31. The summed E-state index contributed by atoms with van der Waals surface area (Å²) in [5.74, 6) is -0.186. The third kappa shape index (κ3) is 3.59. The van der Waals surface area contributed by atoms with Crippen molar-refractivity contribution >= 4 is 27.5 Å². The number of pyridine rings is 1. The summed E-state index contributed by atoms with van der Waals surface area (Å²) in [5, 5.41) is 2.88. The van der Waals surface area contributed by atoms with Crippen molar-refractivity contribution in [1.29, 1.82) is 0 Å². The average molecular weight is 357 g/mol. The molecule has 0 bridgehead atoms. The Morgan fingerprint density at radius 1 is 1.23 bits per heavy atom. The normalized spacial score (nSPS) is 10.4. The fourth-order valence-corrected chi connectivity index (χ4v) is 2.44. The van der Waals surface area contributed by atoms with Gasteiger partial charge in [-0.1, -0.05) is 12.1 Å². The molecule has 1 aromatic carbocycles. The number of amides is 1. The van der Waals surface area contributed by atoms with Crippen molar-refractivity contribution in [1.82, 2.24) is 14.5 Å². The van der Waals surface area contributed by atoms with E-state index < -0.39 is 0 Å². The SMILES string of the molecule is O=C(Nc1cccc(Cn2ccnc2)c1)c1cncc(Br)c1. The summed E-state index contributed by atoms with van der Waals surface area (Å²) in [4.78, 5) is 20.2. The molecule has 0 radical (unpaired) electrons. The average Bonchev–Trinajstić information content (AvgIpc) is 3.00. The molecule has 22 heavy (non-hydrogen) atoms. The van der Waals surface area contributed by atoms with E-state index in [1.807, 2.05) is 35.0 Å². The number of rotatable bonds is 4. The fourth-order valence-electron chi connectivity index (χ4n) is 2.08. The van der Waals surface area contributed by atoms with E-state index in [2.05, 4.69) is 31.2 Å². The van der Waals surface area contributed by atoms with Gasteiger partial charge in [0.15, 0.2) is 0 Å². The van der Waals surface area contributed by atoms with Crippen LogP contribution < -0.4 is 5.32 Å². The number of hydrogen-bond donors (Lipinski definition) is 1. The Hall–Kier alpha value is -2.47. The van der Waals surface area contributed by atoms with Crippen LogP contribution >= 0.6 is 15.9 Å². The molecule has 0 aliphatic rings. The Kier molecular flexibility index (Phi) is 4.29. The maximum absolute atomic E-state index is 12.2. The smallest absolute Gasteiger partial charge is 0.257 e. The first-order valence-electron chi connectivity index (χ1n) is 6.67. The van der Waals surface area contributed by atoms with E-state index in [1.165, 1.54) is 6.20 Å². The quantitative estimate of drug-likeness (QED) is 0.779. The molecule has 3 rings (SSSR count). The molecule has 0 spiro atoms. The molecule has 0 saturated heterocycles. The number of anilines is 1. The van der Waals surface area contributed by atoms with Crippen molar-refractivity contribution in [2.24, 2.45) is 0 Å². The first-order chi connectivity index (χ1) is 10.7. The maximum atomic E-state index is 12.2. The van der Waals surface area contributed by atoms with Crippen LogP contribution in [0.15, 0.2) is 65.9 Å². The van der Waals surface area contributed by atoms with Crippen LogP contribution in [0.25, 0.3) is 0 Å². The molecule has 0 saturated carbocycles. The number of carbonyl (C=O) groups is 1. The maximum Gasteiger partial charge on any atom is 0.257 e. The number of nitrogens with zero attached hydrogens (tertiary/aromatic N) is 3. The van der Waals surface area contributed by atoms with Crippen LogP contribution in [-0.2, 0) is 6.54 Å². The van der Waals surface area contributed by atoms with Gasteiger partial charge in [0.1, 0.15) is 0 Å². The number of benzene rings is 1. The number of nitrogens with one attached hydrogen (secondary N) is 1. The van der Waals surface area contributed by atoms with Crippen molar-refractivity contribution in [3.05, 3.63) is 77.0 Å². The summed E-state index contributed by atoms with van der Waals surface area (Å²) in [6, 6.07) is 9.47. The predicted octanol–water partition coefficient (Wildman–Crippen LogP) is 3.34. The molecule has 0 atom stereocenters. The molecule has 0 aliphatic carbocycles. The second kappa shape index (κ2) is 6.53. The van der Waals surface area contributed by atoms with E-state index in [0.29, 0.717) is 12.1 Å². The van der Waals surface area contributed by atoms with Crippen LogP contribution in [0.4, 0.5) is 5.69 Å². The number of halogens is 1. The fraction of sp³-hybridized carbons (Fsp3) is 0.0625. The number of aromatic nitrogens is 3. The molecular weight excluding hydrogens is 344 g/mol. The van der Waals surface area contributed by atoms with Crippen LogP contribution in [0.5, 0.6) is 0 Å². The zero-order valence-corrected chi connectivity index (χ0v) is 13.2. The van der Waals surface area contributed by atoms with Crippen LogP contribution in [0.3, 0.4) is 0 Å². The third-order valence-electron chi connectivity index (χ3n) is 3.08. The highest BCUT2D eigenvalue weighted by Gasteiger charge is 2.07. The highest BCUT2D eigenvalue weighted by molar-refractivity contribution is 9.10. The lowest BCUT2D eigenvalue weighted by molar-refractivity contribution is 0.102. The lowest BCUT2D eigenvalue weighted by atomic mass is 10.2. The Morgan fingerprint density at radius 2 is 2.14 bits per heavy atom. The Labute approximate surface area is 136 Å². The van der Waals surface area contributed by atoms with Crippen LogP contribution in [0, 0.1) is 0 Å². The summed E-state index contributed by atoms with van der Waals surface area (Å²) in [6.45, 7) is 0.710. The van der Waals surface area contributed by atoms with E-state index in [4.69, 9.17) is 0 Å². The van der Waals surface area contributed by atoms with Gasteiger partial charge in [-0.15, -0.1) is 0 Å². The van der Waals surface area contributed by atoms with Crippen molar-refractivity contribution in [3.63, 3.8) is 0 Å². The monoisotopic (exact) mass is 356 g/mol. The molecule has 2 heterocycles. The van der Waals surface area contributed by atoms with E-state index in [1.54, 1.807) is 24.8 Å². The largest absolute Gasteiger partial charge is 0.333 e. The van der Waals surface area contributed by atoms with Crippen molar-refractivity contribution in [3.8, 4) is 0 Å². The third-order valence-corrected chi connectivity index (χ3v) is 3.51. The molecule has 0 unspecified atom stereocenters. The van der Waals surface area contributed by atoms with Gasteiger partial charge in [-0.2, -0.15) is 0 Å². The standard InChI is InChI=1S/C16H13BrN4O/c17-14-7-13(8-19-9-14)16(22)20-15-3-1-2-12(6-15)10-21-5-4-18-11-21/h1-9,11H,10H2,(H,20,22). The van der Waals surface area contributed by atoms with E-state index in [-0.39, 0.29) is 5.91 Å². The van der Waals surface area contributed by atoms with E-state index >= 15 is 0 Å². The molecule has 3 aromatic rings. The zero-order valence-electron chi connectivity index (χ0n) is 11.6. The molecule has 6 heteroatoms. The number of hydrogen-bond acceptors (Lipinski definition) is 3. The first kappa shape index (κ1) is 14.5. The first-order valence-corrected chi connectivity index (χ1v) is 7.46. The van der Waals surface area contributed by atoms with Gasteiger partial charge >= 0.3 is 0 Å². The molecule has 0 fully saturated rings. The molecule has 1 amide bonds. The molecule has 2 aromatic heterocycles. The van der Waals surface area contributed by atoms with Gasteiger partial charge < -0.3 is 9.88 Å². The van der Waals surface area contributed by atoms with Gasteiger partial charge in [-0.05, 0) is 39.7 Å². The minimum Gasteiger partial charge on any atom is -0.333 e. The van der Waals surface area contributed by atoms with Crippen molar-refractivity contribution in [2.75, 3.05) is 5.32 Å². The van der Waals surface area contributed by atoms with Gasteiger partial charge in [0.05, 0.1) is 11.9 Å². The topological polar surface area (TPSA) is 59.8 Å². The predicted molar refractivity (Wildman–Crippen MR) is 87.7 cm³/mol. The second-order valence-electron chi connectivity index (χ2n) is 4.78. The molecular formula is C16H13BrN4O. The van der Waals surface area contributed by atoms with Gasteiger partial charge in [0, 0.05) is 41.5 Å². The Morgan fingerprint density at radius 3 is 2.91 bits per heavy atom. The number of carbonyl (C=O) groups excluding carboxylic acids is 1. The highest BCUT2D eigenvalue weighted by Crippen LogP contribution is 2.15. The van der Waals surface area contributed by atoms with Crippen LogP contribution in [-0.4, -0.2) is 20.4 Å². The minimum absolute atomic E-state index is 0.186. The molecule has 0 aliphatic heterocycles. The second-order valence-corrected chi connectivity index (χ2v) is 5.70. The van der Waals surface area contributed by atoms with Crippen LogP contribution in [0.2, 0.25) is 0 Å². The lowest BCUT2D eigenvalue weighted by Gasteiger charge is -2.08. The number of imidazole rings is 1. The van der Waals surface area contributed by atoms with Gasteiger partial charge in [-0.3, -0.25) is 9.78 Å². The summed E-state index contributed by atoms with van der Waals surface area (Å²) < 4.78 is 2.74. The van der Waals surface area contributed by atoms with Gasteiger partial charge in [-0.25, -0.2) is 4.98 Å². The molecule has 110 valence electrons. The zero-order chi connectivity index (χ0) is 15.4.